The highest BCUT2D eigenvalue weighted by Crippen LogP contribution is 2.30. The molecule has 23 heavy (non-hydrogen) atoms. The zero-order chi connectivity index (χ0) is 16.0. The van der Waals surface area contributed by atoms with Crippen molar-refractivity contribution >= 4 is 11.6 Å². The maximum Gasteiger partial charge on any atom is 0.247 e. The van der Waals surface area contributed by atoms with Gasteiger partial charge in [0, 0.05) is 34.2 Å². The van der Waals surface area contributed by atoms with E-state index in [-0.39, 0.29) is 11.6 Å². The second-order valence-corrected chi connectivity index (χ2v) is 5.32. The zero-order valence-electron chi connectivity index (χ0n) is 12.4. The predicted octanol–water partition coefficient (Wildman–Crippen LogP) is 3.07. The lowest BCUT2D eigenvalue weighted by Crippen LogP contribution is -2.20. The van der Waals surface area contributed by atoms with Crippen LogP contribution in [0.2, 0.25) is 0 Å². The van der Waals surface area contributed by atoms with E-state index in [0.29, 0.717) is 46.0 Å². The van der Waals surface area contributed by atoms with E-state index in [0.717, 1.165) is 0 Å². The molecule has 112 valence electrons. The third-order valence-electron chi connectivity index (χ3n) is 3.94. The van der Waals surface area contributed by atoms with Crippen molar-refractivity contribution in [2.45, 2.75) is 13.3 Å². The number of benzene rings is 2. The third-order valence-corrected chi connectivity index (χ3v) is 3.94. The van der Waals surface area contributed by atoms with Crippen molar-refractivity contribution in [3.8, 4) is 11.5 Å². The molecule has 1 aliphatic rings. The van der Waals surface area contributed by atoms with Gasteiger partial charge in [0.15, 0.2) is 11.6 Å². The number of ketones is 2. The van der Waals surface area contributed by atoms with E-state index >= 15 is 0 Å². The minimum atomic E-state index is -0.160. The number of carbonyl (C=O) groups is 2. The highest BCUT2D eigenvalue weighted by atomic mass is 16.4. The Balaban J connectivity index is 1.86. The van der Waals surface area contributed by atoms with E-state index in [4.69, 9.17) is 4.42 Å². The average molecular weight is 304 g/mol. The Morgan fingerprint density at radius 1 is 0.870 bits per heavy atom. The summed E-state index contributed by atoms with van der Waals surface area (Å²) in [5.41, 5.74) is 2.30. The molecule has 0 unspecified atom stereocenters. The molecule has 0 saturated carbocycles. The van der Waals surface area contributed by atoms with Crippen LogP contribution in [0.3, 0.4) is 0 Å². The number of rotatable bonds is 2. The Kier molecular flexibility index (Phi) is 2.94. The number of carbonyl (C=O) groups excluding carboxylic acids is 2. The van der Waals surface area contributed by atoms with Crippen LogP contribution in [0.4, 0.5) is 0 Å². The van der Waals surface area contributed by atoms with Crippen LogP contribution >= 0.6 is 0 Å². The van der Waals surface area contributed by atoms with Crippen molar-refractivity contribution in [2.24, 2.45) is 0 Å². The minimum Gasteiger partial charge on any atom is -0.421 e. The third kappa shape index (κ3) is 2.01. The van der Waals surface area contributed by atoms with Gasteiger partial charge >= 0.3 is 0 Å². The molecule has 4 rings (SSSR count). The van der Waals surface area contributed by atoms with Crippen LogP contribution in [0.1, 0.15) is 44.7 Å². The monoisotopic (exact) mass is 304 g/mol. The minimum absolute atomic E-state index is 0.137. The molecular formula is C18H12N2O3. The Bertz CT molecular complexity index is 956. The van der Waals surface area contributed by atoms with E-state index in [2.05, 4.69) is 10.2 Å². The van der Waals surface area contributed by atoms with E-state index < -0.39 is 0 Å². The van der Waals surface area contributed by atoms with E-state index in [1.807, 2.05) is 6.92 Å². The van der Waals surface area contributed by atoms with E-state index in [1.54, 1.807) is 42.5 Å². The zero-order valence-corrected chi connectivity index (χ0v) is 12.4. The van der Waals surface area contributed by atoms with Gasteiger partial charge in [0.05, 0.1) is 0 Å². The van der Waals surface area contributed by atoms with Crippen LogP contribution in [-0.2, 0) is 6.42 Å². The van der Waals surface area contributed by atoms with Gasteiger partial charge in [0.1, 0.15) is 0 Å². The molecule has 0 spiro atoms. The van der Waals surface area contributed by atoms with Crippen molar-refractivity contribution in [1.82, 2.24) is 10.2 Å². The Hall–Kier alpha value is -3.08. The Labute approximate surface area is 132 Å². The second kappa shape index (κ2) is 4.98. The van der Waals surface area contributed by atoms with Crippen LogP contribution in [-0.4, -0.2) is 21.8 Å². The fourth-order valence-electron chi connectivity index (χ4n) is 2.75. The predicted molar refractivity (Wildman–Crippen MR) is 82.4 cm³/mol. The first-order valence-electron chi connectivity index (χ1n) is 7.34. The molecule has 0 fully saturated rings. The van der Waals surface area contributed by atoms with Crippen molar-refractivity contribution < 1.29 is 14.0 Å². The number of aromatic nitrogens is 2. The van der Waals surface area contributed by atoms with Crippen LogP contribution < -0.4 is 0 Å². The van der Waals surface area contributed by atoms with Gasteiger partial charge in [-0.2, -0.15) is 0 Å². The smallest absolute Gasteiger partial charge is 0.247 e. The van der Waals surface area contributed by atoms with Crippen LogP contribution in [0, 0.1) is 0 Å². The lowest BCUT2D eigenvalue weighted by molar-refractivity contribution is 0.0979. The summed E-state index contributed by atoms with van der Waals surface area (Å²) in [6, 6.07) is 11.9. The first-order valence-corrected chi connectivity index (χ1v) is 7.34. The molecule has 0 amide bonds. The Morgan fingerprint density at radius 3 is 2.17 bits per heavy atom. The van der Waals surface area contributed by atoms with Crippen LogP contribution in [0.15, 0.2) is 46.9 Å². The molecule has 5 heteroatoms. The highest BCUT2D eigenvalue weighted by Gasteiger charge is 2.29. The molecule has 0 N–H and O–H groups in total. The molecular weight excluding hydrogens is 292 g/mol. The lowest BCUT2D eigenvalue weighted by atomic mass is 9.83. The molecule has 2 aromatic carbocycles. The van der Waals surface area contributed by atoms with Gasteiger partial charge in [-0.15, -0.1) is 10.2 Å². The summed E-state index contributed by atoms with van der Waals surface area (Å²) in [5, 5.41) is 7.91. The van der Waals surface area contributed by atoms with Gasteiger partial charge in [0.25, 0.3) is 0 Å². The van der Waals surface area contributed by atoms with Crippen LogP contribution in [0.5, 0.6) is 0 Å². The molecule has 3 aromatic rings. The summed E-state index contributed by atoms with van der Waals surface area (Å²) < 4.78 is 5.52. The van der Waals surface area contributed by atoms with Gasteiger partial charge in [-0.1, -0.05) is 31.2 Å². The standard InChI is InChI=1S/C18H12N2O3/c1-2-15-19-20-18(23-15)10-7-8-13-14(9-10)17(22)12-6-4-3-5-11(12)16(13)21/h3-9H,2H2,1H3. The molecule has 1 heterocycles. The molecule has 1 aromatic heterocycles. The number of hydrogen-bond donors (Lipinski definition) is 0. The first kappa shape index (κ1) is 13.6. The van der Waals surface area contributed by atoms with Gasteiger partial charge < -0.3 is 4.42 Å². The summed E-state index contributed by atoms with van der Waals surface area (Å²) in [6.07, 6.45) is 0.642. The van der Waals surface area contributed by atoms with Gasteiger partial charge in [0.2, 0.25) is 11.8 Å². The average Bonchev–Trinajstić information content (AvgIpc) is 3.08. The van der Waals surface area contributed by atoms with E-state index in [1.165, 1.54) is 0 Å². The highest BCUT2D eigenvalue weighted by molar-refractivity contribution is 6.28. The van der Waals surface area contributed by atoms with Crippen molar-refractivity contribution in [3.63, 3.8) is 0 Å². The van der Waals surface area contributed by atoms with Gasteiger partial charge in [-0.25, -0.2) is 0 Å². The number of fused-ring (bicyclic) bond motifs is 2. The molecule has 0 radical (unpaired) electrons. The number of hydrogen-bond acceptors (Lipinski definition) is 5. The van der Waals surface area contributed by atoms with Crippen molar-refractivity contribution in [3.05, 3.63) is 70.6 Å². The first-order chi connectivity index (χ1) is 11.2. The summed E-state index contributed by atoms with van der Waals surface area (Å²) in [7, 11) is 0. The molecule has 0 atom stereocenters. The number of aryl methyl sites for hydroxylation is 1. The quantitative estimate of drug-likeness (QED) is 0.569. The van der Waals surface area contributed by atoms with Crippen molar-refractivity contribution in [2.75, 3.05) is 0 Å². The van der Waals surface area contributed by atoms with E-state index in [9.17, 15) is 9.59 Å². The second-order valence-electron chi connectivity index (χ2n) is 5.32. The molecule has 0 bridgehead atoms. The Morgan fingerprint density at radius 2 is 1.52 bits per heavy atom. The normalized spacial score (nSPS) is 12.9. The fraction of sp³-hybridized carbons (Fsp3) is 0.111. The van der Waals surface area contributed by atoms with Crippen molar-refractivity contribution in [1.29, 1.82) is 0 Å². The SMILES string of the molecule is CCc1nnc(-c2ccc3c(c2)C(=O)c2ccccc2C3=O)o1. The topological polar surface area (TPSA) is 73.1 Å². The summed E-state index contributed by atoms with van der Waals surface area (Å²) in [6.45, 7) is 1.92. The molecule has 5 nitrogen and oxygen atoms in total. The lowest BCUT2D eigenvalue weighted by Gasteiger charge is -2.17. The maximum absolute atomic E-state index is 12.7. The fourth-order valence-corrected chi connectivity index (χ4v) is 2.75. The maximum atomic E-state index is 12.7. The van der Waals surface area contributed by atoms with Crippen LogP contribution in [0.25, 0.3) is 11.5 Å². The molecule has 0 aliphatic heterocycles. The summed E-state index contributed by atoms with van der Waals surface area (Å²) in [4.78, 5) is 25.2. The molecule has 1 aliphatic carbocycles. The summed E-state index contributed by atoms with van der Waals surface area (Å²) >= 11 is 0. The largest absolute Gasteiger partial charge is 0.421 e. The van der Waals surface area contributed by atoms with Gasteiger partial charge in [-0.3, -0.25) is 9.59 Å². The van der Waals surface area contributed by atoms with Gasteiger partial charge in [-0.05, 0) is 18.2 Å². The molecule has 0 saturated heterocycles. The summed E-state index contributed by atoms with van der Waals surface area (Å²) in [5.74, 6) is 0.586. The number of nitrogens with zero attached hydrogens (tertiary/aromatic N) is 2.